The van der Waals surface area contributed by atoms with Gasteiger partial charge in [-0.2, -0.15) is 0 Å². The first-order valence-electron chi connectivity index (χ1n) is 5.54. The van der Waals surface area contributed by atoms with Crippen LogP contribution in [0.5, 0.6) is 0 Å². The molecular formula is C12H17NO. The van der Waals surface area contributed by atoms with E-state index in [1.54, 1.807) is 0 Å². The Balaban J connectivity index is 2.05. The van der Waals surface area contributed by atoms with Gasteiger partial charge in [-0.1, -0.05) is 0 Å². The van der Waals surface area contributed by atoms with Crippen molar-refractivity contribution in [2.24, 2.45) is 11.1 Å². The molecule has 0 saturated heterocycles. The standard InChI is InChI=1S/C12H17NO/c1-8-6-9-2-3-12(4-5-12)10(7-13)11(9)14-8/h6,10H,2-5,7,13H2,1H3. The summed E-state index contributed by atoms with van der Waals surface area (Å²) in [5.41, 5.74) is 7.83. The Morgan fingerprint density at radius 1 is 1.50 bits per heavy atom. The van der Waals surface area contributed by atoms with Crippen LogP contribution >= 0.6 is 0 Å². The number of hydrogen-bond acceptors (Lipinski definition) is 2. The molecule has 14 heavy (non-hydrogen) atoms. The van der Waals surface area contributed by atoms with E-state index in [1.165, 1.54) is 37.0 Å². The molecule has 2 heteroatoms. The van der Waals surface area contributed by atoms with Gasteiger partial charge in [0.25, 0.3) is 0 Å². The Morgan fingerprint density at radius 3 is 2.93 bits per heavy atom. The highest BCUT2D eigenvalue weighted by atomic mass is 16.3. The van der Waals surface area contributed by atoms with Gasteiger partial charge >= 0.3 is 0 Å². The van der Waals surface area contributed by atoms with Crippen molar-refractivity contribution >= 4 is 0 Å². The van der Waals surface area contributed by atoms with Crippen LogP contribution in [0.3, 0.4) is 0 Å². The van der Waals surface area contributed by atoms with Crippen molar-refractivity contribution in [2.75, 3.05) is 6.54 Å². The Morgan fingerprint density at radius 2 is 2.29 bits per heavy atom. The number of nitrogens with two attached hydrogens (primary N) is 1. The van der Waals surface area contributed by atoms with E-state index in [0.717, 1.165) is 12.3 Å². The van der Waals surface area contributed by atoms with Gasteiger partial charge in [0.1, 0.15) is 11.5 Å². The Labute approximate surface area is 84.5 Å². The molecule has 2 nitrogen and oxygen atoms in total. The summed E-state index contributed by atoms with van der Waals surface area (Å²) in [5.74, 6) is 2.75. The van der Waals surface area contributed by atoms with E-state index in [2.05, 4.69) is 6.07 Å². The van der Waals surface area contributed by atoms with Crippen molar-refractivity contribution in [2.45, 2.75) is 38.5 Å². The zero-order valence-electron chi connectivity index (χ0n) is 8.68. The van der Waals surface area contributed by atoms with Crippen LogP contribution in [-0.4, -0.2) is 6.54 Å². The van der Waals surface area contributed by atoms with Gasteiger partial charge in [0.2, 0.25) is 0 Å². The highest BCUT2D eigenvalue weighted by Crippen LogP contribution is 2.61. The molecule has 3 rings (SSSR count). The molecule has 0 radical (unpaired) electrons. The summed E-state index contributed by atoms with van der Waals surface area (Å²) in [4.78, 5) is 0. The van der Waals surface area contributed by atoms with Gasteiger partial charge in [0.15, 0.2) is 0 Å². The summed E-state index contributed by atoms with van der Waals surface area (Å²) in [6.07, 6.45) is 5.23. The molecule has 1 aromatic heterocycles. The Hall–Kier alpha value is -0.760. The van der Waals surface area contributed by atoms with Gasteiger partial charge in [0.05, 0.1) is 0 Å². The Bertz CT molecular complexity index is 362. The third-order valence-electron chi connectivity index (χ3n) is 4.04. The van der Waals surface area contributed by atoms with Gasteiger partial charge in [-0.3, -0.25) is 0 Å². The molecule has 1 aromatic rings. The third kappa shape index (κ3) is 1.01. The second-order valence-corrected chi connectivity index (χ2v) is 4.90. The van der Waals surface area contributed by atoms with Crippen molar-refractivity contribution in [3.63, 3.8) is 0 Å². The number of hydrogen-bond donors (Lipinski definition) is 1. The predicted molar refractivity (Wildman–Crippen MR) is 55.2 cm³/mol. The highest BCUT2D eigenvalue weighted by molar-refractivity contribution is 5.32. The van der Waals surface area contributed by atoms with Gasteiger partial charge in [0, 0.05) is 12.5 Å². The molecule has 1 fully saturated rings. The van der Waals surface area contributed by atoms with Crippen LogP contribution in [-0.2, 0) is 6.42 Å². The largest absolute Gasteiger partial charge is 0.466 e. The molecule has 2 aliphatic carbocycles. The van der Waals surface area contributed by atoms with E-state index in [-0.39, 0.29) is 0 Å². The van der Waals surface area contributed by atoms with Crippen molar-refractivity contribution in [3.8, 4) is 0 Å². The minimum Gasteiger partial charge on any atom is -0.466 e. The molecule has 1 heterocycles. The molecule has 0 bridgehead atoms. The van der Waals surface area contributed by atoms with E-state index in [0.29, 0.717) is 11.3 Å². The lowest BCUT2D eigenvalue weighted by Crippen LogP contribution is -2.27. The van der Waals surface area contributed by atoms with Gasteiger partial charge in [-0.25, -0.2) is 0 Å². The van der Waals surface area contributed by atoms with Crippen LogP contribution in [0.25, 0.3) is 0 Å². The fraction of sp³-hybridized carbons (Fsp3) is 0.667. The lowest BCUT2D eigenvalue weighted by molar-refractivity contribution is 0.296. The number of rotatable bonds is 1. The lowest BCUT2D eigenvalue weighted by Gasteiger charge is -2.29. The molecule has 0 amide bonds. The molecule has 1 atom stereocenters. The van der Waals surface area contributed by atoms with Crippen molar-refractivity contribution in [1.82, 2.24) is 0 Å². The minimum absolute atomic E-state index is 0.500. The number of furan rings is 1. The molecule has 2 aliphatic rings. The summed E-state index contributed by atoms with van der Waals surface area (Å²) in [7, 11) is 0. The second kappa shape index (κ2) is 2.63. The van der Waals surface area contributed by atoms with Crippen LogP contribution in [0.15, 0.2) is 10.5 Å². The normalized spacial score (nSPS) is 27.7. The van der Waals surface area contributed by atoms with Crippen molar-refractivity contribution in [3.05, 3.63) is 23.2 Å². The molecule has 76 valence electrons. The maximum Gasteiger partial charge on any atom is 0.112 e. The summed E-state index contributed by atoms with van der Waals surface area (Å²) in [6.45, 7) is 2.78. The van der Waals surface area contributed by atoms with E-state index in [4.69, 9.17) is 10.2 Å². The van der Waals surface area contributed by atoms with E-state index in [9.17, 15) is 0 Å². The lowest BCUT2D eigenvalue weighted by atomic mass is 9.76. The first-order chi connectivity index (χ1) is 6.75. The molecule has 0 aliphatic heterocycles. The number of aryl methyl sites for hydroxylation is 2. The fourth-order valence-electron chi connectivity index (χ4n) is 3.03. The SMILES string of the molecule is Cc1cc2c(o1)C(CN)C1(CC2)CC1. The molecular weight excluding hydrogens is 174 g/mol. The summed E-state index contributed by atoms with van der Waals surface area (Å²) in [5, 5.41) is 0. The summed E-state index contributed by atoms with van der Waals surface area (Å²) in [6, 6.07) is 2.19. The highest BCUT2D eigenvalue weighted by Gasteiger charge is 2.52. The first-order valence-corrected chi connectivity index (χ1v) is 5.54. The molecule has 1 unspecified atom stereocenters. The monoisotopic (exact) mass is 191 g/mol. The summed E-state index contributed by atoms with van der Waals surface area (Å²) < 4.78 is 5.81. The molecule has 0 aromatic carbocycles. The fourth-order valence-corrected chi connectivity index (χ4v) is 3.03. The van der Waals surface area contributed by atoms with Crippen molar-refractivity contribution < 1.29 is 4.42 Å². The zero-order valence-corrected chi connectivity index (χ0v) is 8.68. The minimum atomic E-state index is 0.500. The van der Waals surface area contributed by atoms with Gasteiger partial charge in [-0.15, -0.1) is 0 Å². The quantitative estimate of drug-likeness (QED) is 0.740. The van der Waals surface area contributed by atoms with Crippen LogP contribution in [0.4, 0.5) is 0 Å². The smallest absolute Gasteiger partial charge is 0.112 e. The van der Waals surface area contributed by atoms with E-state index < -0.39 is 0 Å². The average Bonchev–Trinajstić information content (AvgIpc) is 2.82. The topological polar surface area (TPSA) is 39.2 Å². The first kappa shape index (κ1) is 8.54. The maximum absolute atomic E-state index is 5.88. The second-order valence-electron chi connectivity index (χ2n) is 4.90. The van der Waals surface area contributed by atoms with E-state index >= 15 is 0 Å². The molecule has 1 spiro atoms. The Kier molecular flexibility index (Phi) is 1.61. The van der Waals surface area contributed by atoms with Crippen LogP contribution in [0, 0.1) is 12.3 Å². The van der Waals surface area contributed by atoms with Crippen LogP contribution < -0.4 is 5.73 Å². The summed E-state index contributed by atoms with van der Waals surface area (Å²) >= 11 is 0. The average molecular weight is 191 g/mol. The van der Waals surface area contributed by atoms with Crippen LogP contribution in [0.2, 0.25) is 0 Å². The number of fused-ring (bicyclic) bond motifs is 1. The maximum atomic E-state index is 5.88. The molecule has 2 N–H and O–H groups in total. The third-order valence-corrected chi connectivity index (χ3v) is 4.04. The molecule has 1 saturated carbocycles. The van der Waals surface area contributed by atoms with Crippen molar-refractivity contribution in [1.29, 1.82) is 0 Å². The van der Waals surface area contributed by atoms with Crippen LogP contribution in [0.1, 0.15) is 42.3 Å². The zero-order chi connectivity index (χ0) is 9.76. The van der Waals surface area contributed by atoms with E-state index in [1.807, 2.05) is 6.92 Å². The van der Waals surface area contributed by atoms with Gasteiger partial charge < -0.3 is 10.2 Å². The van der Waals surface area contributed by atoms with Gasteiger partial charge in [-0.05, 0) is 49.7 Å². The predicted octanol–water partition coefficient (Wildman–Crippen LogP) is 2.36.